The molecule has 0 saturated carbocycles. The average Bonchev–Trinajstić information content (AvgIpc) is 2.47. The maximum atomic E-state index is 11.9. The van der Waals surface area contributed by atoms with E-state index < -0.39 is 0 Å². The van der Waals surface area contributed by atoms with Gasteiger partial charge in [0.15, 0.2) is 0 Å². The molecule has 118 valence electrons. The molecule has 0 fully saturated rings. The first-order valence-corrected chi connectivity index (χ1v) is 8.26. The summed E-state index contributed by atoms with van der Waals surface area (Å²) < 4.78 is 1.04. The zero-order valence-corrected chi connectivity index (χ0v) is 14.7. The van der Waals surface area contributed by atoms with Crippen LogP contribution >= 0.6 is 15.9 Å². The zero-order chi connectivity index (χ0) is 15.8. The number of halogens is 1. The number of likely N-dealkylation sites (N-methyl/N-ethyl adjacent to an activating group) is 1. The van der Waals surface area contributed by atoms with E-state index in [0.717, 1.165) is 29.4 Å². The molecule has 0 radical (unpaired) electrons. The summed E-state index contributed by atoms with van der Waals surface area (Å²) >= 11 is 3.45. The zero-order valence-electron chi connectivity index (χ0n) is 13.1. The van der Waals surface area contributed by atoms with E-state index in [-0.39, 0.29) is 18.0 Å². The maximum Gasteiger partial charge on any atom is 0.234 e. The minimum Gasteiger partial charge on any atom is -0.355 e. The maximum absolute atomic E-state index is 11.9. The molecule has 21 heavy (non-hydrogen) atoms. The summed E-state index contributed by atoms with van der Waals surface area (Å²) in [6.07, 6.45) is 1.81. The molecule has 0 aliphatic rings. The molecule has 0 aliphatic heterocycles. The topological polar surface area (TPSA) is 58.4 Å². The highest BCUT2D eigenvalue weighted by Crippen LogP contribution is 2.25. The van der Waals surface area contributed by atoms with Crippen molar-refractivity contribution in [3.63, 3.8) is 0 Å². The van der Waals surface area contributed by atoms with Crippen LogP contribution in [0.25, 0.3) is 0 Å². The number of amides is 1. The number of carbonyl (C=O) groups excluding carboxylic acids is 1. The van der Waals surface area contributed by atoms with Crippen molar-refractivity contribution in [3.8, 4) is 0 Å². The van der Waals surface area contributed by atoms with Crippen molar-refractivity contribution in [1.82, 2.24) is 10.2 Å². The van der Waals surface area contributed by atoms with Crippen molar-refractivity contribution in [2.75, 3.05) is 20.1 Å². The lowest BCUT2D eigenvalue weighted by Gasteiger charge is -2.32. The number of nitrogens with two attached hydrogens (primary N) is 1. The minimum atomic E-state index is -0.00449. The molecule has 5 heteroatoms. The van der Waals surface area contributed by atoms with E-state index in [2.05, 4.69) is 40.3 Å². The first kappa shape index (κ1) is 18.1. The summed E-state index contributed by atoms with van der Waals surface area (Å²) in [7, 11) is 1.95. The summed E-state index contributed by atoms with van der Waals surface area (Å²) in [6.45, 7) is 5.19. The molecular weight excluding hydrogens is 330 g/mol. The van der Waals surface area contributed by atoms with E-state index in [1.807, 2.05) is 31.0 Å². The molecule has 1 amide bonds. The lowest BCUT2D eigenvalue weighted by atomic mass is 9.96. The van der Waals surface area contributed by atoms with E-state index in [0.29, 0.717) is 6.54 Å². The van der Waals surface area contributed by atoms with Crippen molar-refractivity contribution in [3.05, 3.63) is 34.3 Å². The molecule has 2 atom stereocenters. The van der Waals surface area contributed by atoms with Gasteiger partial charge >= 0.3 is 0 Å². The molecule has 0 bridgehead atoms. The second-order valence-corrected chi connectivity index (χ2v) is 6.25. The molecule has 4 nitrogen and oxygen atoms in total. The van der Waals surface area contributed by atoms with Crippen LogP contribution in [0.1, 0.15) is 38.3 Å². The molecule has 0 spiro atoms. The Morgan fingerprint density at radius 2 is 1.95 bits per heavy atom. The molecule has 1 aromatic carbocycles. The summed E-state index contributed by atoms with van der Waals surface area (Å²) in [5, 5.41) is 2.91. The Kier molecular flexibility index (Phi) is 7.93. The van der Waals surface area contributed by atoms with Crippen LogP contribution in [0.3, 0.4) is 0 Å². The number of nitrogens with zero attached hydrogens (tertiary/aromatic N) is 1. The van der Waals surface area contributed by atoms with Gasteiger partial charge in [-0.05, 0) is 37.6 Å². The number of hydrogen-bond donors (Lipinski definition) is 2. The normalized spacial score (nSPS) is 14.0. The molecule has 2 unspecified atom stereocenters. The molecule has 0 saturated heterocycles. The second-order valence-electron chi connectivity index (χ2n) is 5.33. The van der Waals surface area contributed by atoms with Gasteiger partial charge in [-0.2, -0.15) is 0 Å². The van der Waals surface area contributed by atoms with Gasteiger partial charge in [-0.3, -0.25) is 9.69 Å². The first-order chi connectivity index (χ1) is 9.99. The van der Waals surface area contributed by atoms with Gasteiger partial charge < -0.3 is 11.1 Å². The smallest absolute Gasteiger partial charge is 0.234 e. The summed E-state index contributed by atoms with van der Waals surface area (Å²) in [5.74, 6) is 0.0461. The van der Waals surface area contributed by atoms with Gasteiger partial charge in [0.25, 0.3) is 0 Å². The standard InChI is InChI=1S/C16H26BrN3O/c1-4-10-19-15(21)11-20(3)16(14(18)5-2)12-6-8-13(17)9-7-12/h6-9,14,16H,4-5,10-11,18H2,1-3H3,(H,19,21). The molecule has 3 N–H and O–H groups in total. The van der Waals surface area contributed by atoms with Crippen molar-refractivity contribution >= 4 is 21.8 Å². The average molecular weight is 356 g/mol. The third-order valence-corrected chi connectivity index (χ3v) is 4.06. The highest BCUT2D eigenvalue weighted by molar-refractivity contribution is 9.10. The van der Waals surface area contributed by atoms with Gasteiger partial charge in [0.2, 0.25) is 5.91 Å². The lowest BCUT2D eigenvalue weighted by Crippen LogP contribution is -2.43. The SMILES string of the molecule is CCCNC(=O)CN(C)C(c1ccc(Br)cc1)C(N)CC. The van der Waals surface area contributed by atoms with Crippen LogP contribution in [-0.4, -0.2) is 37.0 Å². The highest BCUT2D eigenvalue weighted by atomic mass is 79.9. The quantitative estimate of drug-likeness (QED) is 0.753. The third kappa shape index (κ3) is 5.77. The van der Waals surface area contributed by atoms with Crippen LogP contribution in [0.15, 0.2) is 28.7 Å². The number of hydrogen-bond acceptors (Lipinski definition) is 3. The molecular formula is C16H26BrN3O. The number of carbonyl (C=O) groups is 1. The predicted molar refractivity (Wildman–Crippen MR) is 91.1 cm³/mol. The van der Waals surface area contributed by atoms with Gasteiger partial charge in [-0.25, -0.2) is 0 Å². The number of nitrogens with one attached hydrogen (secondary N) is 1. The summed E-state index contributed by atoms with van der Waals surface area (Å²) in [6, 6.07) is 8.17. The predicted octanol–water partition coefficient (Wildman–Crippen LogP) is 2.69. The second kappa shape index (κ2) is 9.18. The van der Waals surface area contributed by atoms with E-state index in [4.69, 9.17) is 5.73 Å². The van der Waals surface area contributed by atoms with Crippen LogP contribution in [0.4, 0.5) is 0 Å². The van der Waals surface area contributed by atoms with Crippen molar-refractivity contribution < 1.29 is 4.79 Å². The van der Waals surface area contributed by atoms with E-state index in [1.165, 1.54) is 0 Å². The van der Waals surface area contributed by atoms with Gasteiger partial charge in [0.1, 0.15) is 0 Å². The van der Waals surface area contributed by atoms with E-state index in [1.54, 1.807) is 0 Å². The monoisotopic (exact) mass is 355 g/mol. The van der Waals surface area contributed by atoms with Crippen LogP contribution in [0.5, 0.6) is 0 Å². The van der Waals surface area contributed by atoms with Crippen LogP contribution in [0.2, 0.25) is 0 Å². The molecule has 0 aromatic heterocycles. The minimum absolute atomic E-state index is 0.00449. The fourth-order valence-corrected chi connectivity index (χ4v) is 2.62. The molecule has 1 aromatic rings. The fourth-order valence-electron chi connectivity index (χ4n) is 2.36. The first-order valence-electron chi connectivity index (χ1n) is 7.47. The summed E-state index contributed by atoms with van der Waals surface area (Å²) in [4.78, 5) is 13.9. The Bertz CT molecular complexity index is 436. The third-order valence-electron chi connectivity index (χ3n) is 3.53. The van der Waals surface area contributed by atoms with E-state index in [9.17, 15) is 4.79 Å². The van der Waals surface area contributed by atoms with Gasteiger partial charge in [-0.1, -0.05) is 41.9 Å². The van der Waals surface area contributed by atoms with Crippen molar-refractivity contribution in [2.45, 2.75) is 38.8 Å². The molecule has 1 rings (SSSR count). The van der Waals surface area contributed by atoms with Crippen LogP contribution in [-0.2, 0) is 4.79 Å². The highest BCUT2D eigenvalue weighted by Gasteiger charge is 2.24. The fraction of sp³-hybridized carbons (Fsp3) is 0.562. The Balaban J connectivity index is 2.82. The largest absolute Gasteiger partial charge is 0.355 e. The van der Waals surface area contributed by atoms with Crippen molar-refractivity contribution in [1.29, 1.82) is 0 Å². The number of benzene rings is 1. The molecule has 0 aliphatic carbocycles. The van der Waals surface area contributed by atoms with Gasteiger partial charge in [-0.15, -0.1) is 0 Å². The van der Waals surface area contributed by atoms with E-state index >= 15 is 0 Å². The Hall–Kier alpha value is -0.910. The Labute approximate surface area is 136 Å². The van der Waals surface area contributed by atoms with Gasteiger partial charge in [0, 0.05) is 17.1 Å². The van der Waals surface area contributed by atoms with Gasteiger partial charge in [0.05, 0.1) is 12.6 Å². The van der Waals surface area contributed by atoms with Crippen LogP contribution < -0.4 is 11.1 Å². The Morgan fingerprint density at radius 1 is 1.33 bits per heavy atom. The number of rotatable bonds is 8. The summed E-state index contributed by atoms with van der Waals surface area (Å²) in [5.41, 5.74) is 7.42. The van der Waals surface area contributed by atoms with Crippen molar-refractivity contribution in [2.24, 2.45) is 5.73 Å². The Morgan fingerprint density at radius 3 is 2.48 bits per heavy atom. The molecule has 0 heterocycles. The van der Waals surface area contributed by atoms with Crippen LogP contribution in [0, 0.1) is 0 Å². The lowest BCUT2D eigenvalue weighted by molar-refractivity contribution is -0.122.